The largest absolute Gasteiger partial charge is 0.464 e. The van der Waals surface area contributed by atoms with E-state index in [0.717, 1.165) is 10.6 Å². The lowest BCUT2D eigenvalue weighted by atomic mass is 10.3. The molecular formula is C10H15N3O3S. The molecule has 0 saturated carbocycles. The number of thiazole rings is 1. The fraction of sp³-hybridized carbons (Fsp3) is 0.500. The molecule has 0 spiro atoms. The molecule has 94 valence electrons. The number of hydrogen-bond acceptors (Lipinski definition) is 6. The molecule has 0 fully saturated rings. The Kier molecular flexibility index (Phi) is 5.05. The summed E-state index contributed by atoms with van der Waals surface area (Å²) < 4.78 is 4.65. The van der Waals surface area contributed by atoms with Crippen LogP contribution in [0.1, 0.15) is 17.5 Å². The molecule has 0 aliphatic carbocycles. The third kappa shape index (κ3) is 3.79. The van der Waals surface area contributed by atoms with Crippen molar-refractivity contribution in [2.75, 3.05) is 6.61 Å². The molecule has 1 aromatic heterocycles. The number of aryl methyl sites for hydroxylation is 1. The molecule has 0 bridgehead atoms. The summed E-state index contributed by atoms with van der Waals surface area (Å²) in [5.74, 6) is -1.26. The molecule has 6 nitrogen and oxygen atoms in total. The summed E-state index contributed by atoms with van der Waals surface area (Å²) in [4.78, 5) is 27.7. The minimum absolute atomic E-state index is 0.202. The molecule has 1 amide bonds. The summed E-state index contributed by atoms with van der Waals surface area (Å²) in [6.07, 6.45) is 0. The van der Waals surface area contributed by atoms with Crippen molar-refractivity contribution >= 4 is 23.2 Å². The second kappa shape index (κ2) is 6.31. The van der Waals surface area contributed by atoms with Crippen LogP contribution in [0.4, 0.5) is 0 Å². The average molecular weight is 257 g/mol. The highest BCUT2D eigenvalue weighted by Gasteiger charge is 2.23. The lowest BCUT2D eigenvalue weighted by Gasteiger charge is -2.10. The predicted molar refractivity (Wildman–Crippen MR) is 63.3 cm³/mol. The van der Waals surface area contributed by atoms with E-state index in [2.05, 4.69) is 15.0 Å². The third-order valence-corrected chi connectivity index (χ3v) is 3.03. The predicted octanol–water partition coefficient (Wildman–Crippen LogP) is -0.0419. The van der Waals surface area contributed by atoms with E-state index in [-0.39, 0.29) is 6.61 Å². The molecule has 7 heteroatoms. The first-order valence-corrected chi connectivity index (χ1v) is 6.03. The molecule has 0 radical (unpaired) electrons. The van der Waals surface area contributed by atoms with E-state index in [1.807, 2.05) is 6.92 Å². The first-order chi connectivity index (χ1) is 8.06. The number of nitrogens with one attached hydrogen (secondary N) is 1. The molecule has 17 heavy (non-hydrogen) atoms. The van der Waals surface area contributed by atoms with Crippen LogP contribution >= 0.6 is 11.3 Å². The Hall–Kier alpha value is -1.47. The topological polar surface area (TPSA) is 94.3 Å². The summed E-state index contributed by atoms with van der Waals surface area (Å²) in [7, 11) is 0. The van der Waals surface area contributed by atoms with E-state index in [1.165, 1.54) is 11.3 Å². The Bertz CT molecular complexity index is 405. The van der Waals surface area contributed by atoms with Crippen LogP contribution in [0.2, 0.25) is 0 Å². The Balaban J connectivity index is 2.44. The van der Waals surface area contributed by atoms with Crippen LogP contribution in [0.25, 0.3) is 0 Å². The minimum Gasteiger partial charge on any atom is -0.464 e. The van der Waals surface area contributed by atoms with Gasteiger partial charge in [0.25, 0.3) is 0 Å². The maximum atomic E-state index is 11.5. The Morgan fingerprint density at radius 1 is 1.65 bits per heavy atom. The van der Waals surface area contributed by atoms with Crippen molar-refractivity contribution in [3.63, 3.8) is 0 Å². The molecule has 1 rings (SSSR count). The first-order valence-electron chi connectivity index (χ1n) is 5.15. The van der Waals surface area contributed by atoms with E-state index in [1.54, 1.807) is 12.4 Å². The van der Waals surface area contributed by atoms with Crippen molar-refractivity contribution in [2.24, 2.45) is 5.73 Å². The number of nitrogens with zero attached hydrogens (tertiary/aromatic N) is 1. The molecule has 1 atom stereocenters. The summed E-state index contributed by atoms with van der Waals surface area (Å²) in [6, 6.07) is -1.27. The van der Waals surface area contributed by atoms with Gasteiger partial charge in [0.2, 0.25) is 5.91 Å². The van der Waals surface area contributed by atoms with Crippen LogP contribution in [0.5, 0.6) is 0 Å². The monoisotopic (exact) mass is 257 g/mol. The van der Waals surface area contributed by atoms with Gasteiger partial charge < -0.3 is 15.8 Å². The molecule has 0 aliphatic rings. The van der Waals surface area contributed by atoms with Crippen LogP contribution in [0.3, 0.4) is 0 Å². The van der Waals surface area contributed by atoms with E-state index in [9.17, 15) is 9.59 Å². The van der Waals surface area contributed by atoms with Crippen LogP contribution in [0.15, 0.2) is 5.51 Å². The van der Waals surface area contributed by atoms with Crippen LogP contribution in [-0.4, -0.2) is 29.5 Å². The van der Waals surface area contributed by atoms with Crippen molar-refractivity contribution < 1.29 is 14.3 Å². The van der Waals surface area contributed by atoms with E-state index in [0.29, 0.717) is 6.54 Å². The first kappa shape index (κ1) is 13.6. The van der Waals surface area contributed by atoms with Crippen LogP contribution in [0, 0.1) is 6.92 Å². The van der Waals surface area contributed by atoms with Gasteiger partial charge in [0.15, 0.2) is 6.04 Å². The Morgan fingerprint density at radius 2 is 2.35 bits per heavy atom. The van der Waals surface area contributed by atoms with Crippen molar-refractivity contribution in [1.29, 1.82) is 0 Å². The Labute approximate surface area is 103 Å². The van der Waals surface area contributed by atoms with Crippen molar-refractivity contribution in [3.8, 4) is 0 Å². The number of ether oxygens (including phenoxy) is 1. The minimum atomic E-state index is -1.27. The molecule has 1 unspecified atom stereocenters. The molecule has 3 N–H and O–H groups in total. The van der Waals surface area contributed by atoms with E-state index in [4.69, 9.17) is 5.73 Å². The summed E-state index contributed by atoms with van der Waals surface area (Å²) in [5.41, 5.74) is 7.98. The quantitative estimate of drug-likeness (QED) is 0.570. The highest BCUT2D eigenvalue weighted by Crippen LogP contribution is 2.11. The van der Waals surface area contributed by atoms with Crippen molar-refractivity contribution in [3.05, 3.63) is 16.1 Å². The zero-order valence-corrected chi connectivity index (χ0v) is 10.5. The number of aromatic nitrogens is 1. The SMILES string of the molecule is CCOC(=O)C(N)C(=O)NCc1scnc1C. The van der Waals surface area contributed by atoms with Gasteiger partial charge in [0.1, 0.15) is 0 Å². The van der Waals surface area contributed by atoms with E-state index < -0.39 is 17.9 Å². The summed E-state index contributed by atoms with van der Waals surface area (Å²) >= 11 is 1.44. The van der Waals surface area contributed by atoms with Gasteiger partial charge in [-0.25, -0.2) is 9.78 Å². The number of amides is 1. The normalized spacial score (nSPS) is 11.9. The molecule has 1 aromatic rings. The highest BCUT2D eigenvalue weighted by molar-refractivity contribution is 7.09. The molecule has 0 aromatic carbocycles. The van der Waals surface area contributed by atoms with Gasteiger partial charge in [-0.1, -0.05) is 0 Å². The number of rotatable bonds is 5. The van der Waals surface area contributed by atoms with Gasteiger partial charge in [0, 0.05) is 4.88 Å². The summed E-state index contributed by atoms with van der Waals surface area (Å²) in [6.45, 7) is 4.03. The number of nitrogens with two attached hydrogens (primary N) is 1. The average Bonchev–Trinajstić information content (AvgIpc) is 2.71. The maximum Gasteiger partial charge on any atom is 0.332 e. The smallest absolute Gasteiger partial charge is 0.332 e. The number of esters is 1. The third-order valence-electron chi connectivity index (χ3n) is 2.09. The standard InChI is InChI=1S/C10H15N3O3S/c1-3-16-10(15)8(11)9(14)12-4-7-6(2)13-5-17-7/h5,8H,3-4,11H2,1-2H3,(H,12,14). The van der Waals surface area contributed by atoms with Crippen LogP contribution < -0.4 is 11.1 Å². The lowest BCUT2D eigenvalue weighted by Crippen LogP contribution is -2.46. The van der Waals surface area contributed by atoms with Gasteiger partial charge in [0.05, 0.1) is 24.4 Å². The molecule has 1 heterocycles. The number of carbonyl (C=O) groups excluding carboxylic acids is 2. The maximum absolute atomic E-state index is 11.5. The lowest BCUT2D eigenvalue weighted by molar-refractivity contribution is -0.148. The zero-order chi connectivity index (χ0) is 12.8. The van der Waals surface area contributed by atoms with Gasteiger partial charge in [-0.3, -0.25) is 4.79 Å². The van der Waals surface area contributed by atoms with Gasteiger partial charge in [-0.2, -0.15) is 0 Å². The highest BCUT2D eigenvalue weighted by atomic mass is 32.1. The molecule has 0 aliphatic heterocycles. The van der Waals surface area contributed by atoms with Gasteiger partial charge >= 0.3 is 5.97 Å². The second-order valence-electron chi connectivity index (χ2n) is 3.31. The number of hydrogen-bond donors (Lipinski definition) is 2. The fourth-order valence-corrected chi connectivity index (χ4v) is 1.83. The summed E-state index contributed by atoms with van der Waals surface area (Å²) in [5, 5.41) is 2.57. The van der Waals surface area contributed by atoms with Gasteiger partial charge in [-0.05, 0) is 13.8 Å². The zero-order valence-electron chi connectivity index (χ0n) is 9.73. The van der Waals surface area contributed by atoms with Gasteiger partial charge in [-0.15, -0.1) is 11.3 Å². The van der Waals surface area contributed by atoms with E-state index >= 15 is 0 Å². The molecule has 0 saturated heterocycles. The Morgan fingerprint density at radius 3 is 2.88 bits per heavy atom. The fourth-order valence-electron chi connectivity index (χ4n) is 1.11. The second-order valence-corrected chi connectivity index (χ2v) is 4.25. The molecular weight excluding hydrogens is 242 g/mol. The van der Waals surface area contributed by atoms with Crippen molar-refractivity contribution in [1.82, 2.24) is 10.3 Å². The van der Waals surface area contributed by atoms with Crippen molar-refractivity contribution in [2.45, 2.75) is 26.4 Å². The number of carbonyl (C=O) groups is 2. The van der Waals surface area contributed by atoms with Crippen LogP contribution in [-0.2, 0) is 20.9 Å².